The van der Waals surface area contributed by atoms with Crippen LogP contribution in [-0.2, 0) is 0 Å². The highest BCUT2D eigenvalue weighted by atomic mass is 32.2. The number of hydrogen-bond acceptors (Lipinski definition) is 4. The predicted octanol–water partition coefficient (Wildman–Crippen LogP) is 1.60. The largest absolute Gasteiger partial charge is 0.398 e. The lowest BCUT2D eigenvalue weighted by molar-refractivity contribution is 0.0953. The molecule has 5 heteroatoms. The molecule has 0 saturated heterocycles. The van der Waals surface area contributed by atoms with Crippen molar-refractivity contribution in [3.05, 3.63) is 23.5 Å². The van der Waals surface area contributed by atoms with Crippen LogP contribution in [0.1, 0.15) is 28.9 Å². The maximum atomic E-state index is 11.9. The molecule has 0 radical (unpaired) electrons. The summed E-state index contributed by atoms with van der Waals surface area (Å²) in [6.07, 6.45) is 5.98. The summed E-state index contributed by atoms with van der Waals surface area (Å²) in [7, 11) is 0. The van der Waals surface area contributed by atoms with Crippen LogP contribution < -0.4 is 11.1 Å². The van der Waals surface area contributed by atoms with Crippen LogP contribution in [0.25, 0.3) is 0 Å². The second-order valence-electron chi connectivity index (χ2n) is 4.48. The Morgan fingerprint density at radius 1 is 1.65 bits per heavy atom. The molecule has 4 nitrogen and oxygen atoms in total. The fraction of sp³-hybridized carbons (Fsp3) is 0.500. The number of carbonyl (C=O) groups is 1. The molecule has 0 atom stereocenters. The van der Waals surface area contributed by atoms with Gasteiger partial charge in [0.05, 0.1) is 5.56 Å². The van der Waals surface area contributed by atoms with E-state index in [4.69, 9.17) is 5.73 Å². The van der Waals surface area contributed by atoms with Gasteiger partial charge in [-0.1, -0.05) is 0 Å². The van der Waals surface area contributed by atoms with Gasteiger partial charge in [-0.2, -0.15) is 11.8 Å². The van der Waals surface area contributed by atoms with Gasteiger partial charge in [0, 0.05) is 28.9 Å². The van der Waals surface area contributed by atoms with E-state index in [0.29, 0.717) is 17.8 Å². The van der Waals surface area contributed by atoms with Crippen molar-refractivity contribution in [2.75, 3.05) is 18.5 Å². The number of pyridine rings is 1. The van der Waals surface area contributed by atoms with Crippen LogP contribution in [0.3, 0.4) is 0 Å². The highest BCUT2D eigenvalue weighted by molar-refractivity contribution is 8.00. The molecule has 1 saturated carbocycles. The fourth-order valence-electron chi connectivity index (χ4n) is 1.70. The smallest absolute Gasteiger partial charge is 0.254 e. The lowest BCUT2D eigenvalue weighted by Crippen LogP contribution is -2.32. The first-order valence-corrected chi connectivity index (χ1v) is 6.84. The van der Waals surface area contributed by atoms with E-state index in [-0.39, 0.29) is 10.7 Å². The van der Waals surface area contributed by atoms with Gasteiger partial charge in [-0.3, -0.25) is 9.78 Å². The molecule has 1 aliphatic carbocycles. The van der Waals surface area contributed by atoms with E-state index < -0.39 is 0 Å². The van der Waals surface area contributed by atoms with Crippen LogP contribution in [0.15, 0.2) is 12.3 Å². The molecule has 0 aliphatic heterocycles. The molecule has 0 aromatic carbocycles. The third kappa shape index (κ3) is 2.72. The maximum Gasteiger partial charge on any atom is 0.254 e. The van der Waals surface area contributed by atoms with Crippen molar-refractivity contribution in [2.45, 2.75) is 24.5 Å². The number of rotatable bonds is 4. The van der Waals surface area contributed by atoms with E-state index in [1.165, 1.54) is 12.8 Å². The standard InChI is InChI=1S/C12H17N3OS/c1-8-5-10(13)9(6-14-8)11(16)15-7-12(17-2)3-4-12/h5-6H,3-4,7H2,1-2H3,(H2,13,14)(H,15,16). The summed E-state index contributed by atoms with van der Waals surface area (Å²) in [6, 6.07) is 1.72. The minimum absolute atomic E-state index is 0.129. The van der Waals surface area contributed by atoms with Crippen molar-refractivity contribution < 1.29 is 4.79 Å². The zero-order valence-corrected chi connectivity index (χ0v) is 10.9. The summed E-state index contributed by atoms with van der Waals surface area (Å²) in [5.74, 6) is -0.129. The van der Waals surface area contributed by atoms with E-state index >= 15 is 0 Å². The predicted molar refractivity (Wildman–Crippen MR) is 71.2 cm³/mol. The van der Waals surface area contributed by atoms with Crippen molar-refractivity contribution >= 4 is 23.4 Å². The van der Waals surface area contributed by atoms with Gasteiger partial charge in [-0.25, -0.2) is 0 Å². The van der Waals surface area contributed by atoms with Gasteiger partial charge >= 0.3 is 0 Å². The summed E-state index contributed by atoms with van der Waals surface area (Å²) in [5.41, 5.74) is 7.58. The van der Waals surface area contributed by atoms with Crippen LogP contribution in [0.4, 0.5) is 5.69 Å². The SMILES string of the molecule is CSC1(CNC(=O)c2cnc(C)cc2N)CC1. The molecule has 1 heterocycles. The Morgan fingerprint density at radius 3 is 2.88 bits per heavy atom. The molecule has 0 unspecified atom stereocenters. The third-order valence-electron chi connectivity index (χ3n) is 3.13. The Hall–Kier alpha value is -1.23. The normalized spacial score (nSPS) is 16.6. The highest BCUT2D eigenvalue weighted by Gasteiger charge is 2.42. The van der Waals surface area contributed by atoms with Crippen LogP contribution in [0, 0.1) is 6.92 Å². The molecule has 1 aromatic rings. The Bertz CT molecular complexity index is 443. The number of thioether (sulfide) groups is 1. The molecule has 1 aliphatic rings. The third-order valence-corrected chi connectivity index (χ3v) is 4.55. The van der Waals surface area contributed by atoms with Gasteiger partial charge in [-0.05, 0) is 32.1 Å². The van der Waals surface area contributed by atoms with Crippen molar-refractivity contribution in [1.29, 1.82) is 0 Å². The number of aromatic nitrogens is 1. The number of hydrogen-bond donors (Lipinski definition) is 2. The minimum atomic E-state index is -0.129. The van der Waals surface area contributed by atoms with Crippen LogP contribution in [0.2, 0.25) is 0 Å². The van der Waals surface area contributed by atoms with E-state index in [1.807, 2.05) is 18.7 Å². The van der Waals surface area contributed by atoms with Gasteiger partial charge in [0.25, 0.3) is 5.91 Å². The zero-order chi connectivity index (χ0) is 12.5. The first kappa shape index (κ1) is 12.2. The average molecular weight is 251 g/mol. The maximum absolute atomic E-state index is 11.9. The number of nitrogen functional groups attached to an aromatic ring is 1. The van der Waals surface area contributed by atoms with E-state index in [1.54, 1.807) is 12.3 Å². The summed E-state index contributed by atoms with van der Waals surface area (Å²) in [6.45, 7) is 2.56. The van der Waals surface area contributed by atoms with Gasteiger partial charge in [-0.15, -0.1) is 0 Å². The number of nitrogens with zero attached hydrogens (tertiary/aromatic N) is 1. The summed E-state index contributed by atoms with van der Waals surface area (Å²) in [5, 5.41) is 2.93. The van der Waals surface area contributed by atoms with Gasteiger partial charge < -0.3 is 11.1 Å². The second kappa shape index (κ2) is 4.56. The lowest BCUT2D eigenvalue weighted by Gasteiger charge is -2.13. The van der Waals surface area contributed by atoms with Crippen molar-refractivity contribution in [3.63, 3.8) is 0 Å². The topological polar surface area (TPSA) is 68.0 Å². The molecular formula is C12H17N3OS. The van der Waals surface area contributed by atoms with E-state index in [2.05, 4.69) is 16.6 Å². The van der Waals surface area contributed by atoms with Crippen LogP contribution in [0.5, 0.6) is 0 Å². The van der Waals surface area contributed by atoms with Crippen molar-refractivity contribution in [3.8, 4) is 0 Å². The zero-order valence-electron chi connectivity index (χ0n) is 10.1. The quantitative estimate of drug-likeness (QED) is 0.853. The Balaban J connectivity index is 2.00. The molecular weight excluding hydrogens is 234 g/mol. The van der Waals surface area contributed by atoms with Gasteiger partial charge in [0.1, 0.15) is 0 Å². The number of nitrogens with two attached hydrogens (primary N) is 1. The number of amides is 1. The van der Waals surface area contributed by atoms with Gasteiger partial charge in [0.2, 0.25) is 0 Å². The highest BCUT2D eigenvalue weighted by Crippen LogP contribution is 2.46. The molecule has 2 rings (SSSR count). The number of aryl methyl sites for hydroxylation is 1. The van der Waals surface area contributed by atoms with Gasteiger partial charge in [0.15, 0.2) is 0 Å². The van der Waals surface area contributed by atoms with E-state index in [9.17, 15) is 4.79 Å². The Kier molecular flexibility index (Phi) is 3.28. The fourth-order valence-corrected chi connectivity index (χ4v) is 2.43. The summed E-state index contributed by atoms with van der Waals surface area (Å²) in [4.78, 5) is 16.0. The minimum Gasteiger partial charge on any atom is -0.398 e. The Morgan fingerprint density at radius 2 is 2.35 bits per heavy atom. The molecule has 0 spiro atoms. The summed E-state index contributed by atoms with van der Waals surface area (Å²) < 4.78 is 0.266. The first-order valence-electron chi connectivity index (χ1n) is 5.62. The number of nitrogens with one attached hydrogen (secondary N) is 1. The number of anilines is 1. The summed E-state index contributed by atoms with van der Waals surface area (Å²) >= 11 is 1.82. The first-order chi connectivity index (χ1) is 8.06. The molecule has 1 fully saturated rings. The average Bonchev–Trinajstić information content (AvgIpc) is 3.07. The Labute approximate surface area is 105 Å². The molecule has 92 valence electrons. The molecule has 1 amide bonds. The van der Waals surface area contributed by atoms with E-state index in [0.717, 1.165) is 5.69 Å². The van der Waals surface area contributed by atoms with Crippen LogP contribution in [-0.4, -0.2) is 28.4 Å². The molecule has 0 bridgehead atoms. The number of carbonyl (C=O) groups excluding carboxylic acids is 1. The monoisotopic (exact) mass is 251 g/mol. The van der Waals surface area contributed by atoms with Crippen molar-refractivity contribution in [1.82, 2.24) is 10.3 Å². The van der Waals surface area contributed by atoms with Crippen LogP contribution >= 0.6 is 11.8 Å². The molecule has 17 heavy (non-hydrogen) atoms. The molecule has 1 aromatic heterocycles. The van der Waals surface area contributed by atoms with Crippen molar-refractivity contribution in [2.24, 2.45) is 0 Å². The lowest BCUT2D eigenvalue weighted by atomic mass is 10.2. The second-order valence-corrected chi connectivity index (χ2v) is 5.76. The molecule has 3 N–H and O–H groups in total.